The van der Waals surface area contributed by atoms with Crippen LogP contribution in [0.25, 0.3) is 0 Å². The highest BCUT2D eigenvalue weighted by molar-refractivity contribution is 6.19. The predicted molar refractivity (Wildman–Crippen MR) is 62.9 cm³/mol. The van der Waals surface area contributed by atoms with Crippen LogP contribution in [-0.2, 0) is 14.3 Å². The lowest BCUT2D eigenvalue weighted by Crippen LogP contribution is -2.40. The number of alkyl halides is 1. The highest BCUT2D eigenvalue weighted by Gasteiger charge is 2.35. The average molecular weight is 260 g/mol. The van der Waals surface area contributed by atoms with E-state index in [9.17, 15) is 9.59 Å². The van der Waals surface area contributed by atoms with Crippen LogP contribution >= 0.6 is 11.6 Å². The van der Waals surface area contributed by atoms with E-state index in [4.69, 9.17) is 16.3 Å². The van der Waals surface area contributed by atoms with Crippen molar-refractivity contribution in [1.29, 1.82) is 0 Å². The Balaban J connectivity index is 2.70. The van der Waals surface area contributed by atoms with E-state index in [0.29, 0.717) is 5.57 Å². The van der Waals surface area contributed by atoms with E-state index >= 15 is 0 Å². The smallest absolute Gasteiger partial charge is 0.410 e. The first-order chi connectivity index (χ1) is 8.15. The van der Waals surface area contributed by atoms with Crippen LogP contribution in [0.15, 0.2) is 24.3 Å². The minimum Gasteiger partial charge on any atom is -0.466 e. The standard InChI is InChI=1S/C11H14ClNO4/c1-3-6-17-11(15)13-5-4-8(9(13)7-12)10(14)16-2/h3-4,9H,1,5-7H2,2H3/t9-/m0/s1. The summed E-state index contributed by atoms with van der Waals surface area (Å²) >= 11 is 5.76. The molecule has 1 heterocycles. The Hall–Kier alpha value is -1.49. The summed E-state index contributed by atoms with van der Waals surface area (Å²) in [6.45, 7) is 3.86. The Morgan fingerprint density at radius 3 is 2.94 bits per heavy atom. The summed E-state index contributed by atoms with van der Waals surface area (Å²) in [5.74, 6) is -0.362. The van der Waals surface area contributed by atoms with Gasteiger partial charge in [-0.2, -0.15) is 0 Å². The van der Waals surface area contributed by atoms with Gasteiger partial charge in [-0.15, -0.1) is 11.6 Å². The Labute approximate surface area is 105 Å². The summed E-state index contributed by atoms with van der Waals surface area (Å²) < 4.78 is 9.51. The molecule has 17 heavy (non-hydrogen) atoms. The molecule has 0 aromatic heterocycles. The van der Waals surface area contributed by atoms with Crippen molar-refractivity contribution in [3.8, 4) is 0 Å². The Morgan fingerprint density at radius 1 is 1.71 bits per heavy atom. The Kier molecular flexibility index (Phi) is 5.03. The number of halogens is 1. The van der Waals surface area contributed by atoms with Gasteiger partial charge in [0.05, 0.1) is 18.7 Å². The zero-order valence-electron chi connectivity index (χ0n) is 9.52. The van der Waals surface area contributed by atoms with E-state index in [0.717, 1.165) is 0 Å². The van der Waals surface area contributed by atoms with Crippen LogP contribution in [-0.4, -0.2) is 49.1 Å². The molecule has 0 aromatic rings. The van der Waals surface area contributed by atoms with Crippen LogP contribution in [0.3, 0.4) is 0 Å². The number of hydrogen-bond donors (Lipinski definition) is 0. The molecular weight excluding hydrogens is 246 g/mol. The average Bonchev–Trinajstić information content (AvgIpc) is 2.78. The minimum atomic E-state index is -0.522. The zero-order chi connectivity index (χ0) is 12.8. The van der Waals surface area contributed by atoms with Gasteiger partial charge >= 0.3 is 12.1 Å². The van der Waals surface area contributed by atoms with Crippen molar-refractivity contribution in [2.45, 2.75) is 6.04 Å². The molecule has 1 aliphatic heterocycles. The van der Waals surface area contributed by atoms with Crippen LogP contribution < -0.4 is 0 Å². The summed E-state index contributed by atoms with van der Waals surface area (Å²) in [6, 6.07) is -0.499. The van der Waals surface area contributed by atoms with Crippen LogP contribution in [0.1, 0.15) is 0 Å². The lowest BCUT2D eigenvalue weighted by atomic mass is 10.1. The largest absolute Gasteiger partial charge is 0.466 e. The van der Waals surface area contributed by atoms with Crippen molar-refractivity contribution >= 4 is 23.7 Å². The van der Waals surface area contributed by atoms with Gasteiger partial charge in [-0.25, -0.2) is 9.59 Å². The number of carbonyl (C=O) groups is 2. The molecule has 0 unspecified atom stereocenters. The summed E-state index contributed by atoms with van der Waals surface area (Å²) in [4.78, 5) is 24.4. The molecule has 1 amide bonds. The van der Waals surface area contributed by atoms with E-state index in [1.165, 1.54) is 18.1 Å². The molecular formula is C11H14ClNO4. The van der Waals surface area contributed by atoms with E-state index in [1.54, 1.807) is 6.08 Å². The summed E-state index contributed by atoms with van der Waals surface area (Å²) in [7, 11) is 1.28. The first-order valence-electron chi connectivity index (χ1n) is 5.04. The highest BCUT2D eigenvalue weighted by Crippen LogP contribution is 2.21. The number of ether oxygens (including phenoxy) is 2. The second-order valence-corrected chi connectivity index (χ2v) is 3.65. The third-order valence-corrected chi connectivity index (χ3v) is 2.66. The molecule has 0 N–H and O–H groups in total. The zero-order valence-corrected chi connectivity index (χ0v) is 10.3. The van der Waals surface area contributed by atoms with Crippen molar-refractivity contribution < 1.29 is 19.1 Å². The molecule has 6 heteroatoms. The molecule has 0 saturated heterocycles. The quantitative estimate of drug-likeness (QED) is 0.434. The van der Waals surface area contributed by atoms with Crippen LogP contribution in [0.4, 0.5) is 4.79 Å². The lowest BCUT2D eigenvalue weighted by Gasteiger charge is -2.23. The number of carbonyl (C=O) groups excluding carboxylic acids is 2. The maximum atomic E-state index is 11.6. The summed E-state index contributed by atoms with van der Waals surface area (Å²) in [5, 5.41) is 0. The molecule has 0 aliphatic carbocycles. The fourth-order valence-corrected chi connectivity index (χ4v) is 1.88. The molecule has 1 aliphatic rings. The molecule has 0 fully saturated rings. The van der Waals surface area contributed by atoms with Gasteiger partial charge in [-0.1, -0.05) is 18.7 Å². The second kappa shape index (κ2) is 6.30. The molecule has 1 rings (SSSR count). The first kappa shape index (κ1) is 13.6. The van der Waals surface area contributed by atoms with Crippen LogP contribution in [0.5, 0.6) is 0 Å². The Bertz CT molecular complexity index is 353. The third kappa shape index (κ3) is 3.00. The van der Waals surface area contributed by atoms with Gasteiger partial charge in [-0.3, -0.25) is 4.90 Å². The lowest BCUT2D eigenvalue weighted by molar-refractivity contribution is -0.136. The monoisotopic (exact) mass is 259 g/mol. The normalized spacial score (nSPS) is 18.6. The van der Waals surface area contributed by atoms with E-state index < -0.39 is 18.1 Å². The number of rotatable bonds is 4. The predicted octanol–water partition coefficient (Wildman–Crippen LogP) is 1.33. The van der Waals surface area contributed by atoms with E-state index in [-0.39, 0.29) is 19.0 Å². The van der Waals surface area contributed by atoms with Gasteiger partial charge in [0.25, 0.3) is 0 Å². The van der Waals surface area contributed by atoms with E-state index in [2.05, 4.69) is 11.3 Å². The number of esters is 1. The van der Waals surface area contributed by atoms with Crippen LogP contribution in [0, 0.1) is 0 Å². The van der Waals surface area contributed by atoms with Crippen molar-refractivity contribution in [3.05, 3.63) is 24.3 Å². The maximum absolute atomic E-state index is 11.6. The SMILES string of the molecule is C=CCOC(=O)N1CC=C(C(=O)OC)[C@@H]1CCl. The van der Waals surface area contributed by atoms with Crippen molar-refractivity contribution in [1.82, 2.24) is 4.90 Å². The van der Waals surface area contributed by atoms with Gasteiger partial charge < -0.3 is 9.47 Å². The summed E-state index contributed by atoms with van der Waals surface area (Å²) in [6.07, 6.45) is 2.57. The number of hydrogen-bond acceptors (Lipinski definition) is 4. The molecule has 1 atom stereocenters. The second-order valence-electron chi connectivity index (χ2n) is 3.34. The van der Waals surface area contributed by atoms with Crippen LogP contribution in [0.2, 0.25) is 0 Å². The van der Waals surface area contributed by atoms with Crippen molar-refractivity contribution in [2.24, 2.45) is 0 Å². The van der Waals surface area contributed by atoms with Gasteiger partial charge in [0.2, 0.25) is 0 Å². The number of amides is 1. The molecule has 5 nitrogen and oxygen atoms in total. The first-order valence-corrected chi connectivity index (χ1v) is 5.57. The molecule has 94 valence electrons. The van der Waals surface area contributed by atoms with Gasteiger partial charge in [-0.05, 0) is 0 Å². The minimum absolute atomic E-state index is 0.115. The fourth-order valence-electron chi connectivity index (χ4n) is 1.55. The fraction of sp³-hybridized carbons (Fsp3) is 0.455. The molecule has 0 saturated carbocycles. The van der Waals surface area contributed by atoms with Gasteiger partial charge in [0.1, 0.15) is 6.61 Å². The molecule has 0 radical (unpaired) electrons. The third-order valence-electron chi connectivity index (χ3n) is 2.37. The number of methoxy groups -OCH3 is 1. The molecule has 0 aromatic carbocycles. The molecule has 0 bridgehead atoms. The maximum Gasteiger partial charge on any atom is 0.410 e. The highest BCUT2D eigenvalue weighted by atomic mass is 35.5. The van der Waals surface area contributed by atoms with Gasteiger partial charge in [0.15, 0.2) is 0 Å². The number of nitrogens with zero attached hydrogens (tertiary/aromatic N) is 1. The Morgan fingerprint density at radius 2 is 2.41 bits per heavy atom. The molecule has 0 spiro atoms. The summed E-state index contributed by atoms with van der Waals surface area (Å²) in [5.41, 5.74) is 0.387. The topological polar surface area (TPSA) is 55.8 Å². The van der Waals surface area contributed by atoms with E-state index in [1.807, 2.05) is 0 Å². The van der Waals surface area contributed by atoms with Gasteiger partial charge in [0, 0.05) is 12.4 Å². The van der Waals surface area contributed by atoms with Crippen molar-refractivity contribution in [3.63, 3.8) is 0 Å². The van der Waals surface area contributed by atoms with Crippen molar-refractivity contribution in [2.75, 3.05) is 26.1 Å².